The van der Waals surface area contributed by atoms with Crippen LogP contribution in [0, 0.1) is 0 Å². The summed E-state index contributed by atoms with van der Waals surface area (Å²) in [6.45, 7) is 0.666. The Bertz CT molecular complexity index is 1370. The molecule has 0 radical (unpaired) electrons. The first-order valence-corrected chi connectivity index (χ1v) is 12.4. The number of nitrogens with one attached hydrogen (secondary N) is 2. The first-order valence-electron chi connectivity index (χ1n) is 11.2. The minimum atomic E-state index is -0.394. The van der Waals surface area contributed by atoms with Gasteiger partial charge < -0.3 is 9.47 Å². The molecule has 0 spiro atoms. The number of aromatic nitrogens is 2. The van der Waals surface area contributed by atoms with E-state index in [-0.39, 0.29) is 12.3 Å². The van der Waals surface area contributed by atoms with Gasteiger partial charge in [0, 0.05) is 16.1 Å². The fourth-order valence-electron chi connectivity index (χ4n) is 3.06. The second-order valence-corrected chi connectivity index (χ2v) is 8.98. The Hall–Kier alpha value is -4.28. The Balaban J connectivity index is 1.26. The van der Waals surface area contributed by atoms with Crippen molar-refractivity contribution in [3.63, 3.8) is 0 Å². The first kappa shape index (κ1) is 25.8. The number of carbonyl (C=O) groups excluding carboxylic acids is 2. The molecule has 0 saturated carbocycles. The van der Waals surface area contributed by atoms with E-state index in [9.17, 15) is 9.59 Å². The number of halogens is 1. The molecule has 0 atom stereocenters. The topological polar surface area (TPSA) is 115 Å². The van der Waals surface area contributed by atoms with Crippen molar-refractivity contribution in [3.8, 4) is 11.5 Å². The summed E-state index contributed by atoms with van der Waals surface area (Å²) in [6, 6.07) is 23.3. The molecule has 1 heterocycles. The third-order valence-electron chi connectivity index (χ3n) is 4.75. The highest BCUT2D eigenvalue weighted by Gasteiger charge is 2.12. The molecule has 0 saturated heterocycles. The molecule has 1 aromatic heterocycles. The zero-order chi connectivity index (χ0) is 25.9. The number of carbonyl (C=O) groups is 2. The maximum atomic E-state index is 12.3. The highest BCUT2D eigenvalue weighted by atomic mass is 35.5. The predicted molar refractivity (Wildman–Crippen MR) is 143 cm³/mol. The van der Waals surface area contributed by atoms with Crippen molar-refractivity contribution in [3.05, 3.63) is 100 Å². The molecule has 0 bridgehead atoms. The number of anilines is 1. The van der Waals surface area contributed by atoms with Gasteiger partial charge in [0.05, 0.1) is 12.6 Å². The molecule has 3 aromatic carbocycles. The number of para-hydroxylation sites is 1. The van der Waals surface area contributed by atoms with Crippen LogP contribution in [-0.4, -0.2) is 41.4 Å². The maximum Gasteiger partial charge on any atom is 0.257 e. The van der Waals surface area contributed by atoms with Crippen molar-refractivity contribution in [2.45, 2.75) is 6.42 Å². The smallest absolute Gasteiger partial charge is 0.257 e. The van der Waals surface area contributed by atoms with E-state index >= 15 is 0 Å². The second kappa shape index (κ2) is 13.1. The van der Waals surface area contributed by atoms with E-state index < -0.39 is 5.91 Å². The van der Waals surface area contributed by atoms with Gasteiger partial charge in [0.25, 0.3) is 5.91 Å². The van der Waals surface area contributed by atoms with E-state index in [1.807, 2.05) is 36.4 Å². The quantitative estimate of drug-likeness (QED) is 0.165. The average Bonchev–Trinajstić information content (AvgIpc) is 3.35. The van der Waals surface area contributed by atoms with E-state index in [2.05, 4.69) is 26.0 Å². The average molecular weight is 536 g/mol. The summed E-state index contributed by atoms with van der Waals surface area (Å²) in [5.41, 5.74) is 3.54. The van der Waals surface area contributed by atoms with Crippen LogP contribution in [0.15, 0.2) is 84.0 Å². The number of hydrazone groups is 1. The minimum Gasteiger partial charge on any atom is -0.490 e. The summed E-state index contributed by atoms with van der Waals surface area (Å²) in [5.74, 6) is 0.604. The van der Waals surface area contributed by atoms with Crippen LogP contribution < -0.4 is 20.2 Å². The van der Waals surface area contributed by atoms with Gasteiger partial charge in [0.15, 0.2) is 0 Å². The van der Waals surface area contributed by atoms with Crippen molar-refractivity contribution >= 4 is 46.1 Å². The number of rotatable bonds is 11. The fourth-order valence-corrected chi connectivity index (χ4v) is 3.98. The normalized spacial score (nSPS) is 10.7. The molecule has 0 aliphatic heterocycles. The number of ether oxygens (including phenoxy) is 2. The highest BCUT2D eigenvalue weighted by Crippen LogP contribution is 2.22. The zero-order valence-corrected chi connectivity index (χ0v) is 21.0. The molecular formula is C26H22ClN5O4S. The van der Waals surface area contributed by atoms with Crippen LogP contribution in [-0.2, 0) is 11.2 Å². The van der Waals surface area contributed by atoms with Crippen LogP contribution in [0.4, 0.5) is 5.13 Å². The van der Waals surface area contributed by atoms with Crippen molar-refractivity contribution in [2.24, 2.45) is 5.10 Å². The Morgan fingerprint density at radius 2 is 1.68 bits per heavy atom. The Morgan fingerprint density at radius 3 is 2.46 bits per heavy atom. The van der Waals surface area contributed by atoms with Gasteiger partial charge in [-0.2, -0.15) is 5.10 Å². The van der Waals surface area contributed by atoms with Gasteiger partial charge in [-0.1, -0.05) is 59.3 Å². The molecule has 188 valence electrons. The molecule has 2 amide bonds. The van der Waals surface area contributed by atoms with Crippen LogP contribution in [0.3, 0.4) is 0 Å². The molecule has 37 heavy (non-hydrogen) atoms. The van der Waals surface area contributed by atoms with E-state index in [0.717, 1.165) is 17.1 Å². The fraction of sp³-hybridized carbons (Fsp3) is 0.115. The largest absolute Gasteiger partial charge is 0.490 e. The lowest BCUT2D eigenvalue weighted by atomic mass is 10.2. The van der Waals surface area contributed by atoms with Crippen LogP contribution in [0.5, 0.6) is 11.5 Å². The van der Waals surface area contributed by atoms with Crippen LogP contribution in [0.25, 0.3) is 0 Å². The van der Waals surface area contributed by atoms with Gasteiger partial charge in [-0.25, -0.2) is 5.43 Å². The van der Waals surface area contributed by atoms with Crippen LogP contribution in [0.1, 0.15) is 20.9 Å². The predicted octanol–water partition coefficient (Wildman–Crippen LogP) is 4.59. The van der Waals surface area contributed by atoms with Crippen LogP contribution >= 0.6 is 22.9 Å². The van der Waals surface area contributed by atoms with Gasteiger partial charge in [0.2, 0.25) is 11.0 Å². The van der Waals surface area contributed by atoms with Gasteiger partial charge in [-0.05, 0) is 42.5 Å². The Labute approximate surface area is 222 Å². The first-order chi connectivity index (χ1) is 18.1. The summed E-state index contributed by atoms with van der Waals surface area (Å²) >= 11 is 7.22. The number of hydrogen-bond donors (Lipinski definition) is 2. The summed E-state index contributed by atoms with van der Waals surface area (Å²) in [5, 5.41) is 15.8. The van der Waals surface area contributed by atoms with Gasteiger partial charge >= 0.3 is 0 Å². The third-order valence-corrected chi connectivity index (χ3v) is 5.83. The molecular weight excluding hydrogens is 514 g/mol. The standard InChI is InChI=1S/C26H22ClN5O4S/c27-20-11-12-22(36-14-13-35-21-9-5-2-6-10-21)19(15-20)17-28-30-23(33)16-24-31-32-26(37-24)29-25(34)18-7-3-1-4-8-18/h1-12,15,17H,13-14,16H2,(H,30,33)(H,29,32,34)/b28-17-. The SMILES string of the molecule is O=C(Cc1nnc(NC(=O)c2ccccc2)s1)N/N=C\c1cc(Cl)ccc1OCCOc1ccccc1. The number of hydrogen-bond acceptors (Lipinski definition) is 8. The summed E-state index contributed by atoms with van der Waals surface area (Å²) in [4.78, 5) is 24.5. The maximum absolute atomic E-state index is 12.3. The van der Waals surface area contributed by atoms with Crippen molar-refractivity contribution in [1.29, 1.82) is 0 Å². The molecule has 2 N–H and O–H groups in total. The lowest BCUT2D eigenvalue weighted by Crippen LogP contribution is -2.19. The number of nitrogens with zero attached hydrogens (tertiary/aromatic N) is 3. The molecule has 4 aromatic rings. The number of amides is 2. The summed E-state index contributed by atoms with van der Waals surface area (Å²) in [6.07, 6.45) is 1.40. The molecule has 4 rings (SSSR count). The van der Waals surface area contributed by atoms with Crippen molar-refractivity contribution in [2.75, 3.05) is 18.5 Å². The van der Waals surface area contributed by atoms with Gasteiger partial charge in [-0.3, -0.25) is 14.9 Å². The molecule has 11 heteroatoms. The monoisotopic (exact) mass is 535 g/mol. The molecule has 9 nitrogen and oxygen atoms in total. The molecule has 0 aliphatic rings. The number of benzene rings is 3. The lowest BCUT2D eigenvalue weighted by molar-refractivity contribution is -0.120. The molecule has 0 aliphatic carbocycles. The Morgan fingerprint density at radius 1 is 0.946 bits per heavy atom. The van der Waals surface area contributed by atoms with E-state index in [1.54, 1.807) is 42.5 Å². The Kier molecular flexibility index (Phi) is 9.17. The highest BCUT2D eigenvalue weighted by molar-refractivity contribution is 7.15. The van der Waals surface area contributed by atoms with Crippen molar-refractivity contribution in [1.82, 2.24) is 15.6 Å². The molecule has 0 fully saturated rings. The summed E-state index contributed by atoms with van der Waals surface area (Å²) < 4.78 is 11.4. The molecule has 0 unspecified atom stereocenters. The van der Waals surface area contributed by atoms with Crippen LogP contribution in [0.2, 0.25) is 5.02 Å². The zero-order valence-electron chi connectivity index (χ0n) is 19.5. The summed E-state index contributed by atoms with van der Waals surface area (Å²) in [7, 11) is 0. The van der Waals surface area contributed by atoms with E-state index in [1.165, 1.54) is 6.21 Å². The lowest BCUT2D eigenvalue weighted by Gasteiger charge is -2.10. The van der Waals surface area contributed by atoms with Gasteiger partial charge in [0.1, 0.15) is 29.7 Å². The van der Waals surface area contributed by atoms with E-state index in [0.29, 0.717) is 45.3 Å². The van der Waals surface area contributed by atoms with Crippen molar-refractivity contribution < 1.29 is 19.1 Å². The van der Waals surface area contributed by atoms with Gasteiger partial charge in [-0.15, -0.1) is 10.2 Å². The third kappa shape index (κ3) is 8.13. The second-order valence-electron chi connectivity index (χ2n) is 7.48. The minimum absolute atomic E-state index is 0.0497. The van der Waals surface area contributed by atoms with E-state index in [4.69, 9.17) is 21.1 Å².